The average molecular weight is 1270 g/mol. The number of hydrogen-bond acceptors (Lipinski definition) is 6. The van der Waals surface area contributed by atoms with Gasteiger partial charge in [0.15, 0.2) is 5.78 Å². The number of rotatable bonds is 4. The molecule has 5 aromatic heterocycles. The van der Waals surface area contributed by atoms with Crippen molar-refractivity contribution in [2.45, 2.75) is 119 Å². The Hall–Kier alpha value is -9.88. The van der Waals surface area contributed by atoms with Crippen molar-refractivity contribution < 1.29 is 29.1 Å². The number of ketones is 2. The van der Waals surface area contributed by atoms with E-state index in [2.05, 4.69) is 194 Å². The minimum atomic E-state index is -1.07. The van der Waals surface area contributed by atoms with Gasteiger partial charge >= 0.3 is 19.5 Å². The Labute approximate surface area is 556 Å². The van der Waals surface area contributed by atoms with Gasteiger partial charge in [-0.15, -0.1) is 16.7 Å². The van der Waals surface area contributed by atoms with Gasteiger partial charge in [0.2, 0.25) is 0 Å². The van der Waals surface area contributed by atoms with Crippen LogP contribution in [0.15, 0.2) is 133 Å². The number of aromatic amines is 2. The third-order valence-electron chi connectivity index (χ3n) is 18.5. The fraction of sp³-hybridized carbons (Fsp3) is 0.220. The van der Waals surface area contributed by atoms with Crippen molar-refractivity contribution in [2.24, 2.45) is 0 Å². The molecule has 0 spiro atoms. The summed E-state index contributed by atoms with van der Waals surface area (Å²) in [7, 11) is 0. The second-order valence-corrected chi connectivity index (χ2v) is 28.3. The van der Waals surface area contributed by atoms with Gasteiger partial charge in [0.05, 0.1) is 45.3 Å². The molecule has 10 nitrogen and oxygen atoms in total. The molecule has 0 radical (unpaired) electrons. The minimum absolute atomic E-state index is 0. The van der Waals surface area contributed by atoms with E-state index in [1.165, 1.54) is 16.7 Å². The maximum atomic E-state index is 14.8. The number of carbonyl (C=O) groups excluding carboxylic acids is 2. The van der Waals surface area contributed by atoms with Crippen molar-refractivity contribution in [3.63, 3.8) is 0 Å². The fourth-order valence-corrected chi connectivity index (χ4v) is 13.2. The maximum Gasteiger partial charge on any atom is 2.00 e. The molecule has 0 saturated carbocycles. The third kappa shape index (κ3) is 11.2. The van der Waals surface area contributed by atoms with Crippen LogP contribution < -0.4 is 9.97 Å². The number of Topliss-reactive ketones (excluding diaryl/α,β-unsaturated/α-hetero) is 2. The van der Waals surface area contributed by atoms with E-state index >= 15 is 0 Å². The number of aryl methyl sites for hydroxylation is 4. The van der Waals surface area contributed by atoms with Gasteiger partial charge in [0.25, 0.3) is 0 Å². The first-order valence-electron chi connectivity index (χ1n) is 31.6. The van der Waals surface area contributed by atoms with Crippen LogP contribution in [0.2, 0.25) is 0 Å². The van der Waals surface area contributed by atoms with Gasteiger partial charge in [-0.2, -0.15) is 0 Å². The number of nitrogens with zero attached hydrogens (tertiary/aromatic N) is 6. The van der Waals surface area contributed by atoms with E-state index in [1.54, 1.807) is 6.07 Å². The first-order valence-corrected chi connectivity index (χ1v) is 31.6. The molecule has 0 aliphatic carbocycles. The second-order valence-electron chi connectivity index (χ2n) is 28.3. The molecule has 14 rings (SSSR count). The topological polar surface area (TPSA) is 145 Å². The maximum absolute atomic E-state index is 14.8. The van der Waals surface area contributed by atoms with Gasteiger partial charge in [-0.25, -0.2) is 19.9 Å². The zero-order chi connectivity index (χ0) is 64.5. The number of benzene rings is 4. The minimum Gasteiger partial charge on any atom is -0.657 e. The molecular formula is C82H72N8O2Zn. The third-order valence-corrected chi connectivity index (χ3v) is 18.5. The standard InChI is InChI=1S/C82H74N8O2.Zn/c1-45-15-20-50(21-16-45)73-62-32-31-59(86-62)58(76-82(13,14)78(92)69(90-76)43-56-25-30-66(84-56)75(67-36-35-64(73)88-67)71-47(3)37-46(2)38-48(71)4)27-19-49-17-22-51(23-18-49)72-60-28-24-55(83-60)42-68-77(91)81(11,12)70(89-68)44-57-26-29-61(85-57)74(65-34-33-63(72)87-65)52-39-53(79(5,6)7)41-54(40-52)80(8,9)10;/h15-18,20-26,28-44H,1-14H3,(H4,83,84,85,86,87,88,89,90,91,92);/q;+2/p-2. The zero-order valence-corrected chi connectivity index (χ0v) is 58.3. The van der Waals surface area contributed by atoms with Gasteiger partial charge in [0, 0.05) is 49.7 Å². The normalized spacial score (nSPS) is 14.3. The summed E-state index contributed by atoms with van der Waals surface area (Å²) in [5.74, 6) is 6.88. The van der Waals surface area contributed by atoms with Crippen LogP contribution in [-0.2, 0) is 41.1 Å². The van der Waals surface area contributed by atoms with Crippen molar-refractivity contribution in [1.82, 2.24) is 39.9 Å². The number of carbonyl (C=O) groups is 2. The van der Waals surface area contributed by atoms with Crippen molar-refractivity contribution >= 4 is 81.1 Å². The molecule has 16 bridgehead atoms. The van der Waals surface area contributed by atoms with Crippen LogP contribution in [0.4, 0.5) is 0 Å². The molecule has 93 heavy (non-hydrogen) atoms. The Kier molecular flexibility index (Phi) is 15.2. The van der Waals surface area contributed by atoms with Crippen molar-refractivity contribution in [3.8, 4) is 56.3 Å². The van der Waals surface area contributed by atoms with E-state index in [0.717, 1.165) is 117 Å². The predicted octanol–water partition coefficient (Wildman–Crippen LogP) is 18.6. The first kappa shape index (κ1) is 62.0. The smallest absolute Gasteiger partial charge is 0.657 e. The summed E-state index contributed by atoms with van der Waals surface area (Å²) in [5.41, 5.74) is 24.7. The number of fused-ring (bicyclic) bond motifs is 16. The van der Waals surface area contributed by atoms with Crippen molar-refractivity contribution in [3.05, 3.63) is 235 Å². The Morgan fingerprint density at radius 3 is 1.59 bits per heavy atom. The Morgan fingerprint density at radius 2 is 0.968 bits per heavy atom. The van der Waals surface area contributed by atoms with Crippen molar-refractivity contribution in [2.75, 3.05) is 0 Å². The van der Waals surface area contributed by atoms with Crippen LogP contribution >= 0.6 is 0 Å². The Bertz CT molecular complexity index is 5200. The fourth-order valence-electron chi connectivity index (χ4n) is 13.2. The Balaban J connectivity index is 0.00000787. The molecule has 5 aliphatic rings. The van der Waals surface area contributed by atoms with E-state index in [9.17, 15) is 9.59 Å². The van der Waals surface area contributed by atoms with E-state index < -0.39 is 10.8 Å². The van der Waals surface area contributed by atoms with Crippen LogP contribution in [0.5, 0.6) is 0 Å². The monoisotopic (exact) mass is 1260 g/mol. The molecule has 4 aromatic carbocycles. The van der Waals surface area contributed by atoms with Gasteiger partial charge < -0.3 is 19.9 Å². The van der Waals surface area contributed by atoms with Gasteiger partial charge in [-0.05, 0) is 199 Å². The second kappa shape index (κ2) is 22.8. The quantitative estimate of drug-likeness (QED) is 0.131. The van der Waals surface area contributed by atoms with E-state index in [4.69, 9.17) is 29.9 Å². The summed E-state index contributed by atoms with van der Waals surface area (Å²) in [4.78, 5) is 68.2. The molecule has 454 valence electrons. The molecule has 0 saturated heterocycles. The van der Waals surface area contributed by atoms with Crippen LogP contribution in [0.3, 0.4) is 0 Å². The van der Waals surface area contributed by atoms with Crippen LogP contribution in [0, 0.1) is 39.5 Å². The summed E-state index contributed by atoms with van der Waals surface area (Å²) in [6.45, 7) is 29.7. The van der Waals surface area contributed by atoms with Gasteiger partial charge in [-0.1, -0.05) is 163 Å². The number of nitrogens with one attached hydrogen (secondary N) is 2. The summed E-state index contributed by atoms with van der Waals surface area (Å²) in [6.07, 6.45) is 12.2. The molecule has 10 heterocycles. The molecule has 9 aromatic rings. The summed E-state index contributed by atoms with van der Waals surface area (Å²) in [6, 6.07) is 46.0. The van der Waals surface area contributed by atoms with E-state index in [1.807, 2.05) is 88.4 Å². The molecular weight excluding hydrogens is 1190 g/mol. The molecule has 0 fully saturated rings. The molecule has 5 aliphatic heterocycles. The van der Waals surface area contributed by atoms with Gasteiger partial charge in [0.1, 0.15) is 11.5 Å². The Morgan fingerprint density at radius 1 is 0.441 bits per heavy atom. The summed E-state index contributed by atoms with van der Waals surface area (Å²) < 4.78 is 0. The first-order chi connectivity index (χ1) is 43.7. The molecule has 0 atom stereocenters. The summed E-state index contributed by atoms with van der Waals surface area (Å²) in [5, 5.41) is 0. The number of aromatic nitrogens is 8. The van der Waals surface area contributed by atoms with E-state index in [-0.39, 0.29) is 41.9 Å². The van der Waals surface area contributed by atoms with Crippen LogP contribution in [-0.4, -0.2) is 41.5 Å². The number of hydrogen-bond donors (Lipinski definition) is 2. The zero-order valence-electron chi connectivity index (χ0n) is 55.4. The van der Waals surface area contributed by atoms with Crippen LogP contribution in [0.1, 0.15) is 180 Å². The molecule has 2 N–H and O–H groups in total. The van der Waals surface area contributed by atoms with E-state index in [0.29, 0.717) is 45.4 Å². The van der Waals surface area contributed by atoms with Crippen LogP contribution in [0.25, 0.3) is 114 Å². The molecule has 11 heteroatoms. The predicted molar refractivity (Wildman–Crippen MR) is 377 cm³/mol. The average Bonchev–Trinajstić information content (AvgIpc) is 1.61. The largest absolute Gasteiger partial charge is 2.00 e. The van der Waals surface area contributed by atoms with Gasteiger partial charge in [-0.3, -0.25) is 9.59 Å². The molecule has 0 unspecified atom stereocenters. The molecule has 0 amide bonds. The number of H-pyrrole nitrogens is 2. The van der Waals surface area contributed by atoms with Crippen molar-refractivity contribution in [1.29, 1.82) is 0 Å². The SMILES string of the molecule is Cc1ccc(-c2c3nc(c(C#Cc4ccc(-c5c6nc(c(-c7cc(C(C)(C)C)cc(C(C)(C)C)c7)c7ccc(cc8nc(cc9ccc5[nH]9)C(=O)C8(C)C)[nH]7)C=C6)cc4)c4[n-]c(cc5nc(c(-c6c(C)cc(C)cc6C)c6ccc2[n-]6)C=C5)C(=O)C4(C)C)C=C3)cc1.[Zn+2]. The summed E-state index contributed by atoms with van der Waals surface area (Å²) >= 11 is 0.